The first kappa shape index (κ1) is 13.0. The molecule has 1 aromatic heterocycles. The summed E-state index contributed by atoms with van der Waals surface area (Å²) in [5, 5.41) is 7.45. The fraction of sp³-hybridized carbons (Fsp3) is 0.250. The molecule has 2 aromatic rings. The maximum Gasteiger partial charge on any atom is 0.272 e. The molecule has 0 aliphatic heterocycles. The van der Waals surface area contributed by atoms with Gasteiger partial charge in [-0.25, -0.2) is 0 Å². The molecule has 0 aliphatic carbocycles. The van der Waals surface area contributed by atoms with Gasteiger partial charge in [-0.2, -0.15) is 0 Å². The van der Waals surface area contributed by atoms with E-state index < -0.39 is 11.1 Å². The van der Waals surface area contributed by atoms with Gasteiger partial charge in [-0.1, -0.05) is 13.0 Å². The molecule has 0 saturated heterocycles. The number of aromatic nitrogens is 2. The van der Waals surface area contributed by atoms with Gasteiger partial charge in [0.2, 0.25) is 5.91 Å². The number of H-pyrrole nitrogens is 2. The van der Waals surface area contributed by atoms with Crippen molar-refractivity contribution in [3.05, 3.63) is 38.9 Å². The smallest absolute Gasteiger partial charge is 0.272 e. The molecule has 0 radical (unpaired) electrons. The molecule has 0 spiro atoms. The van der Waals surface area contributed by atoms with Crippen molar-refractivity contribution in [2.24, 2.45) is 11.7 Å². The van der Waals surface area contributed by atoms with Gasteiger partial charge in [-0.15, -0.1) is 0 Å². The Morgan fingerprint density at radius 3 is 2.68 bits per heavy atom. The zero-order valence-corrected chi connectivity index (χ0v) is 10.3. The minimum Gasteiger partial charge on any atom is -0.330 e. The zero-order chi connectivity index (χ0) is 14.0. The van der Waals surface area contributed by atoms with Crippen LogP contribution in [-0.2, 0) is 4.79 Å². The van der Waals surface area contributed by atoms with Crippen LogP contribution in [0, 0.1) is 5.92 Å². The van der Waals surface area contributed by atoms with E-state index in [4.69, 9.17) is 5.73 Å². The monoisotopic (exact) mass is 262 g/mol. The first-order chi connectivity index (χ1) is 9.04. The van der Waals surface area contributed by atoms with Gasteiger partial charge in [0.15, 0.2) is 0 Å². The van der Waals surface area contributed by atoms with Crippen molar-refractivity contribution < 1.29 is 4.79 Å². The van der Waals surface area contributed by atoms with E-state index in [-0.39, 0.29) is 29.1 Å². The molecule has 1 aromatic carbocycles. The summed E-state index contributed by atoms with van der Waals surface area (Å²) in [6.07, 6.45) is 0. The Labute approximate surface area is 107 Å². The van der Waals surface area contributed by atoms with Crippen molar-refractivity contribution in [3.63, 3.8) is 0 Å². The minimum atomic E-state index is -0.467. The molecule has 0 aliphatic rings. The summed E-state index contributed by atoms with van der Waals surface area (Å²) in [6, 6.07) is 4.68. The standard InChI is InChI=1S/C12H14N4O3/c1-6(5-13)10(17)14-8-4-2-3-7-9(8)12(19)16-15-11(7)18/h2-4,6H,5,13H2,1H3,(H,14,17)(H,15,18)(H,16,19). The average Bonchev–Trinajstić information content (AvgIpc) is 2.42. The highest BCUT2D eigenvalue weighted by atomic mass is 16.2. The lowest BCUT2D eigenvalue weighted by atomic mass is 10.1. The topological polar surface area (TPSA) is 121 Å². The van der Waals surface area contributed by atoms with E-state index in [0.717, 1.165) is 0 Å². The predicted molar refractivity (Wildman–Crippen MR) is 72.0 cm³/mol. The van der Waals surface area contributed by atoms with Crippen LogP contribution < -0.4 is 22.2 Å². The number of benzene rings is 1. The average molecular weight is 262 g/mol. The summed E-state index contributed by atoms with van der Waals surface area (Å²) in [7, 11) is 0. The van der Waals surface area contributed by atoms with Crippen molar-refractivity contribution in [1.29, 1.82) is 0 Å². The van der Waals surface area contributed by atoms with Gasteiger partial charge in [0.05, 0.1) is 16.5 Å². The second-order valence-electron chi connectivity index (χ2n) is 4.26. The van der Waals surface area contributed by atoms with Gasteiger partial charge < -0.3 is 11.1 Å². The predicted octanol–water partition coefficient (Wildman–Crippen LogP) is -0.250. The van der Waals surface area contributed by atoms with Crippen LogP contribution in [0.3, 0.4) is 0 Å². The SMILES string of the molecule is CC(CN)C(=O)Nc1cccc2c(=O)[nH][nH]c(=O)c12. The Bertz CT molecular complexity index is 732. The summed E-state index contributed by atoms with van der Waals surface area (Å²) < 4.78 is 0. The molecule has 7 heteroatoms. The third-order valence-corrected chi connectivity index (χ3v) is 2.88. The van der Waals surface area contributed by atoms with Crippen LogP contribution in [0.4, 0.5) is 5.69 Å². The van der Waals surface area contributed by atoms with E-state index in [1.165, 1.54) is 6.07 Å². The third kappa shape index (κ3) is 2.41. The zero-order valence-electron chi connectivity index (χ0n) is 10.3. The molecule has 5 N–H and O–H groups in total. The number of fused-ring (bicyclic) bond motifs is 1. The van der Waals surface area contributed by atoms with Crippen LogP contribution in [-0.4, -0.2) is 22.6 Å². The van der Waals surface area contributed by atoms with Crippen molar-refractivity contribution in [2.45, 2.75) is 6.92 Å². The van der Waals surface area contributed by atoms with Crippen LogP contribution in [0.5, 0.6) is 0 Å². The third-order valence-electron chi connectivity index (χ3n) is 2.88. The summed E-state index contributed by atoms with van der Waals surface area (Å²) in [4.78, 5) is 35.2. The summed E-state index contributed by atoms with van der Waals surface area (Å²) >= 11 is 0. The molecule has 1 atom stereocenters. The molecule has 1 unspecified atom stereocenters. The highest BCUT2D eigenvalue weighted by Crippen LogP contribution is 2.17. The number of carbonyl (C=O) groups is 1. The van der Waals surface area contributed by atoms with Gasteiger partial charge in [0, 0.05) is 12.5 Å². The maximum absolute atomic E-state index is 11.8. The number of rotatable bonds is 3. The summed E-state index contributed by atoms with van der Waals surface area (Å²) in [5.41, 5.74) is 4.82. The van der Waals surface area contributed by atoms with Gasteiger partial charge in [0.25, 0.3) is 11.1 Å². The highest BCUT2D eigenvalue weighted by Gasteiger charge is 2.14. The van der Waals surface area contributed by atoms with Crippen molar-refractivity contribution >= 4 is 22.4 Å². The maximum atomic E-state index is 11.8. The Morgan fingerprint density at radius 1 is 1.32 bits per heavy atom. The van der Waals surface area contributed by atoms with Crippen LogP contribution >= 0.6 is 0 Å². The van der Waals surface area contributed by atoms with E-state index in [1.54, 1.807) is 19.1 Å². The Morgan fingerprint density at radius 2 is 2.00 bits per heavy atom. The van der Waals surface area contributed by atoms with E-state index in [1.807, 2.05) is 0 Å². The first-order valence-corrected chi connectivity index (χ1v) is 5.79. The van der Waals surface area contributed by atoms with Gasteiger partial charge in [-0.05, 0) is 12.1 Å². The number of hydrogen-bond acceptors (Lipinski definition) is 4. The first-order valence-electron chi connectivity index (χ1n) is 5.79. The fourth-order valence-electron chi connectivity index (χ4n) is 1.70. The van der Waals surface area contributed by atoms with Gasteiger partial charge >= 0.3 is 0 Å². The lowest BCUT2D eigenvalue weighted by Gasteiger charge is -2.11. The molecule has 0 fully saturated rings. The molecular weight excluding hydrogens is 248 g/mol. The fourth-order valence-corrected chi connectivity index (χ4v) is 1.70. The van der Waals surface area contributed by atoms with Crippen molar-refractivity contribution in [2.75, 3.05) is 11.9 Å². The molecule has 0 saturated carbocycles. The minimum absolute atomic E-state index is 0.156. The quantitative estimate of drug-likeness (QED) is 0.609. The number of aromatic amines is 2. The highest BCUT2D eigenvalue weighted by molar-refractivity contribution is 6.02. The summed E-state index contributed by atoms with van der Waals surface area (Å²) in [6.45, 7) is 1.88. The summed E-state index contributed by atoms with van der Waals surface area (Å²) in [5.74, 6) is -0.675. The number of nitrogens with two attached hydrogens (primary N) is 1. The molecule has 2 rings (SSSR count). The Balaban J connectivity index is 2.56. The second-order valence-corrected chi connectivity index (χ2v) is 4.26. The molecule has 1 heterocycles. The molecule has 7 nitrogen and oxygen atoms in total. The molecule has 1 amide bonds. The van der Waals surface area contributed by atoms with Crippen molar-refractivity contribution in [3.8, 4) is 0 Å². The number of hydrogen-bond donors (Lipinski definition) is 4. The van der Waals surface area contributed by atoms with Crippen LogP contribution in [0.15, 0.2) is 27.8 Å². The van der Waals surface area contributed by atoms with Crippen LogP contribution in [0.25, 0.3) is 10.8 Å². The molecular formula is C12H14N4O3. The molecule has 19 heavy (non-hydrogen) atoms. The van der Waals surface area contributed by atoms with Gasteiger partial charge in [-0.3, -0.25) is 24.6 Å². The van der Waals surface area contributed by atoms with Crippen LogP contribution in [0.1, 0.15) is 6.92 Å². The molecule has 100 valence electrons. The molecule has 0 bridgehead atoms. The largest absolute Gasteiger partial charge is 0.330 e. The normalized spacial score (nSPS) is 12.3. The van der Waals surface area contributed by atoms with Gasteiger partial charge in [0.1, 0.15) is 0 Å². The van der Waals surface area contributed by atoms with Crippen molar-refractivity contribution in [1.82, 2.24) is 10.2 Å². The second kappa shape index (κ2) is 5.07. The number of carbonyl (C=O) groups excluding carboxylic acids is 1. The lowest BCUT2D eigenvalue weighted by Crippen LogP contribution is -2.28. The number of amides is 1. The lowest BCUT2D eigenvalue weighted by molar-refractivity contribution is -0.119. The Hall–Kier alpha value is -2.41. The van der Waals surface area contributed by atoms with E-state index in [9.17, 15) is 14.4 Å². The van der Waals surface area contributed by atoms with Crippen LogP contribution in [0.2, 0.25) is 0 Å². The van der Waals surface area contributed by atoms with E-state index in [2.05, 4.69) is 15.5 Å². The van der Waals surface area contributed by atoms with E-state index in [0.29, 0.717) is 5.69 Å². The number of anilines is 1. The number of nitrogens with one attached hydrogen (secondary N) is 3. The van der Waals surface area contributed by atoms with E-state index >= 15 is 0 Å². The Kier molecular flexibility index (Phi) is 3.48.